The lowest BCUT2D eigenvalue weighted by Gasteiger charge is -2.13. The Hall–Kier alpha value is -1.88. The maximum Gasteiger partial charge on any atom is 0.437 e. The molecule has 0 spiro atoms. The van der Waals surface area contributed by atoms with E-state index in [9.17, 15) is 9.90 Å². The van der Waals surface area contributed by atoms with Gasteiger partial charge in [-0.1, -0.05) is 30.7 Å². The molecule has 0 bridgehead atoms. The molecule has 0 radical (unpaired) electrons. The number of aromatic nitrogens is 2. The number of nitrogens with zero attached hydrogens (tertiary/aromatic N) is 2. The molecule has 108 valence electrons. The van der Waals surface area contributed by atoms with Gasteiger partial charge in [0.05, 0.1) is 12.6 Å². The van der Waals surface area contributed by atoms with Gasteiger partial charge in [-0.25, -0.2) is 4.79 Å². The summed E-state index contributed by atoms with van der Waals surface area (Å²) in [6.07, 6.45) is 0.717. The van der Waals surface area contributed by atoms with Crippen LogP contribution in [0.25, 0.3) is 0 Å². The van der Waals surface area contributed by atoms with Crippen molar-refractivity contribution >= 4 is 0 Å². The van der Waals surface area contributed by atoms with Gasteiger partial charge in [0.25, 0.3) is 0 Å². The fraction of sp³-hybridized carbons (Fsp3) is 0.467. The van der Waals surface area contributed by atoms with Gasteiger partial charge in [-0.2, -0.15) is 4.68 Å². The zero-order chi connectivity index (χ0) is 14.7. The van der Waals surface area contributed by atoms with Gasteiger partial charge in [-0.05, 0) is 31.4 Å². The topological polar surface area (TPSA) is 68.3 Å². The van der Waals surface area contributed by atoms with Crippen LogP contribution in [0.2, 0.25) is 0 Å². The molecule has 0 aliphatic carbocycles. The molecule has 0 fully saturated rings. The van der Waals surface area contributed by atoms with Crippen molar-refractivity contribution in [1.82, 2.24) is 9.78 Å². The average Bonchev–Trinajstić information content (AvgIpc) is 2.70. The van der Waals surface area contributed by atoms with Crippen molar-refractivity contribution in [3.05, 3.63) is 51.3 Å². The van der Waals surface area contributed by atoms with Crippen LogP contribution >= 0.6 is 0 Å². The van der Waals surface area contributed by atoms with Gasteiger partial charge in [0, 0.05) is 6.42 Å². The van der Waals surface area contributed by atoms with Crippen LogP contribution in [0.3, 0.4) is 0 Å². The number of rotatable bonds is 5. The van der Waals surface area contributed by atoms with Gasteiger partial charge in [0.2, 0.25) is 5.89 Å². The Morgan fingerprint density at radius 2 is 2.15 bits per heavy atom. The quantitative estimate of drug-likeness (QED) is 0.908. The highest BCUT2D eigenvalue weighted by Gasteiger charge is 2.15. The van der Waals surface area contributed by atoms with Crippen molar-refractivity contribution < 1.29 is 9.52 Å². The van der Waals surface area contributed by atoms with Gasteiger partial charge in [-0.3, -0.25) is 0 Å². The van der Waals surface area contributed by atoms with Crippen LogP contribution in [0.1, 0.15) is 42.0 Å². The van der Waals surface area contributed by atoms with Crippen LogP contribution in [0.4, 0.5) is 0 Å². The molecule has 0 saturated carbocycles. The van der Waals surface area contributed by atoms with Crippen LogP contribution in [-0.2, 0) is 13.0 Å². The number of hydrogen-bond donors (Lipinski definition) is 1. The first-order valence-electron chi connectivity index (χ1n) is 6.83. The van der Waals surface area contributed by atoms with Crippen molar-refractivity contribution in [2.24, 2.45) is 0 Å². The van der Waals surface area contributed by atoms with E-state index in [1.54, 1.807) is 0 Å². The Kier molecular flexibility index (Phi) is 4.39. The summed E-state index contributed by atoms with van der Waals surface area (Å²) < 4.78 is 6.22. The van der Waals surface area contributed by atoms with Crippen molar-refractivity contribution in [3.8, 4) is 0 Å². The van der Waals surface area contributed by atoms with E-state index in [2.05, 4.69) is 5.10 Å². The molecule has 0 saturated heterocycles. The summed E-state index contributed by atoms with van der Waals surface area (Å²) in [5, 5.41) is 14.4. The SMILES string of the molecule is CCCc1nn(CC(O)c2ccc(C)cc2C)c(=O)o1. The van der Waals surface area contributed by atoms with Crippen molar-refractivity contribution in [3.63, 3.8) is 0 Å². The summed E-state index contributed by atoms with van der Waals surface area (Å²) in [6, 6.07) is 5.83. The third-order valence-electron chi connectivity index (χ3n) is 3.24. The van der Waals surface area contributed by atoms with Gasteiger partial charge in [0.1, 0.15) is 0 Å². The number of aliphatic hydroxyl groups excluding tert-OH is 1. The molecule has 5 heteroatoms. The van der Waals surface area contributed by atoms with E-state index in [4.69, 9.17) is 4.42 Å². The Morgan fingerprint density at radius 3 is 2.80 bits per heavy atom. The lowest BCUT2D eigenvalue weighted by Crippen LogP contribution is -2.20. The third-order valence-corrected chi connectivity index (χ3v) is 3.24. The zero-order valence-corrected chi connectivity index (χ0v) is 12.1. The fourth-order valence-electron chi connectivity index (χ4n) is 2.24. The molecular formula is C15H20N2O3. The standard InChI is InChI=1S/C15H20N2O3/c1-4-5-14-16-17(15(19)20-14)9-13(18)12-7-6-10(2)8-11(12)3/h6-8,13,18H,4-5,9H2,1-3H3. The predicted octanol–water partition coefficient (Wildman–Crippen LogP) is 2.14. The predicted molar refractivity (Wildman–Crippen MR) is 75.6 cm³/mol. The van der Waals surface area contributed by atoms with E-state index < -0.39 is 11.9 Å². The molecule has 2 rings (SSSR count). The van der Waals surface area contributed by atoms with E-state index in [-0.39, 0.29) is 6.54 Å². The molecule has 1 heterocycles. The molecule has 2 aromatic rings. The molecule has 5 nitrogen and oxygen atoms in total. The summed E-state index contributed by atoms with van der Waals surface area (Å²) in [7, 11) is 0. The van der Waals surface area contributed by atoms with Crippen LogP contribution in [-0.4, -0.2) is 14.9 Å². The van der Waals surface area contributed by atoms with Gasteiger partial charge in [0.15, 0.2) is 0 Å². The van der Waals surface area contributed by atoms with Crippen LogP contribution in [0.15, 0.2) is 27.4 Å². The lowest BCUT2D eigenvalue weighted by molar-refractivity contribution is 0.148. The first-order valence-corrected chi connectivity index (χ1v) is 6.83. The second kappa shape index (κ2) is 6.05. The summed E-state index contributed by atoms with van der Waals surface area (Å²) in [6.45, 7) is 6.04. The van der Waals surface area contributed by atoms with Crippen molar-refractivity contribution in [2.45, 2.75) is 46.3 Å². The van der Waals surface area contributed by atoms with E-state index in [0.717, 1.165) is 23.1 Å². The van der Waals surface area contributed by atoms with Gasteiger partial charge in [-0.15, -0.1) is 5.10 Å². The molecule has 1 N–H and O–H groups in total. The van der Waals surface area contributed by atoms with Crippen LogP contribution in [0, 0.1) is 13.8 Å². The molecule has 1 atom stereocenters. The Labute approximate surface area is 117 Å². The third kappa shape index (κ3) is 3.17. The highest BCUT2D eigenvalue weighted by Crippen LogP contribution is 2.19. The van der Waals surface area contributed by atoms with Crippen LogP contribution in [0.5, 0.6) is 0 Å². The maximum absolute atomic E-state index is 11.6. The highest BCUT2D eigenvalue weighted by atomic mass is 16.4. The lowest BCUT2D eigenvalue weighted by atomic mass is 10.0. The Morgan fingerprint density at radius 1 is 1.40 bits per heavy atom. The van der Waals surface area contributed by atoms with Crippen molar-refractivity contribution in [1.29, 1.82) is 0 Å². The summed E-state index contributed by atoms with van der Waals surface area (Å²) in [5.41, 5.74) is 2.95. The monoisotopic (exact) mass is 276 g/mol. The summed E-state index contributed by atoms with van der Waals surface area (Å²) in [5.74, 6) is -0.0948. The second-order valence-corrected chi connectivity index (χ2v) is 5.07. The van der Waals surface area contributed by atoms with E-state index >= 15 is 0 Å². The number of aliphatic hydroxyl groups is 1. The van der Waals surface area contributed by atoms with E-state index in [1.165, 1.54) is 4.68 Å². The maximum atomic E-state index is 11.6. The number of aryl methyl sites for hydroxylation is 3. The minimum Gasteiger partial charge on any atom is -0.392 e. The fourth-order valence-corrected chi connectivity index (χ4v) is 2.24. The molecule has 0 aliphatic rings. The summed E-state index contributed by atoms with van der Waals surface area (Å²) in [4.78, 5) is 11.6. The number of benzene rings is 1. The smallest absolute Gasteiger partial charge is 0.392 e. The zero-order valence-electron chi connectivity index (χ0n) is 12.1. The first kappa shape index (κ1) is 14.5. The van der Waals surface area contributed by atoms with Gasteiger partial charge >= 0.3 is 5.76 Å². The van der Waals surface area contributed by atoms with E-state index in [0.29, 0.717) is 12.3 Å². The van der Waals surface area contributed by atoms with Crippen LogP contribution < -0.4 is 5.76 Å². The molecule has 20 heavy (non-hydrogen) atoms. The highest BCUT2D eigenvalue weighted by molar-refractivity contribution is 5.31. The minimum absolute atomic E-state index is 0.107. The Bertz CT molecular complexity index is 643. The number of hydrogen-bond acceptors (Lipinski definition) is 4. The summed E-state index contributed by atoms with van der Waals surface area (Å²) >= 11 is 0. The normalized spacial score (nSPS) is 12.6. The van der Waals surface area contributed by atoms with Gasteiger partial charge < -0.3 is 9.52 Å². The first-order chi connectivity index (χ1) is 9.51. The molecule has 1 unspecified atom stereocenters. The molecular weight excluding hydrogens is 256 g/mol. The van der Waals surface area contributed by atoms with E-state index in [1.807, 2.05) is 39.0 Å². The average molecular weight is 276 g/mol. The molecule has 1 aromatic heterocycles. The minimum atomic E-state index is -0.770. The molecule has 0 amide bonds. The Balaban J connectivity index is 2.18. The second-order valence-electron chi connectivity index (χ2n) is 5.07. The molecule has 0 aliphatic heterocycles. The molecule has 1 aromatic carbocycles. The van der Waals surface area contributed by atoms with Crippen molar-refractivity contribution in [2.75, 3.05) is 0 Å². The largest absolute Gasteiger partial charge is 0.437 e.